The van der Waals surface area contributed by atoms with E-state index in [0.29, 0.717) is 6.42 Å². The Morgan fingerprint density at radius 2 is 1.75 bits per heavy atom. The summed E-state index contributed by atoms with van der Waals surface area (Å²) in [7, 11) is 0. The van der Waals surface area contributed by atoms with E-state index in [2.05, 4.69) is 6.07 Å². The number of ether oxygens (including phenoxy) is 1. The molecule has 2 aromatic carbocycles. The van der Waals surface area contributed by atoms with Crippen molar-refractivity contribution < 1.29 is 13.5 Å². The Balaban J connectivity index is 1.94. The third kappa shape index (κ3) is 3.55. The molecule has 0 amide bonds. The lowest BCUT2D eigenvalue weighted by atomic mass is 9.98. The standard InChI is InChI=1S/C16H13F2NO/c17-14-7-5-12(6-8-14)13(11-19)9-10-20-16-4-2-1-3-15(16)18/h1-8,13H,9-10H2. The van der Waals surface area contributed by atoms with E-state index in [1.807, 2.05) is 0 Å². The van der Waals surface area contributed by atoms with E-state index in [1.54, 1.807) is 24.3 Å². The van der Waals surface area contributed by atoms with Gasteiger partial charge < -0.3 is 4.74 Å². The molecule has 0 spiro atoms. The number of hydrogen-bond acceptors (Lipinski definition) is 2. The molecule has 1 unspecified atom stereocenters. The number of nitrogens with zero attached hydrogens (tertiary/aromatic N) is 1. The van der Waals surface area contributed by atoms with Crippen LogP contribution in [0.2, 0.25) is 0 Å². The summed E-state index contributed by atoms with van der Waals surface area (Å²) in [5.74, 6) is -0.999. The van der Waals surface area contributed by atoms with E-state index in [0.717, 1.165) is 5.56 Å². The Labute approximate surface area is 116 Å². The van der Waals surface area contributed by atoms with Crippen molar-refractivity contribution in [3.8, 4) is 11.8 Å². The molecule has 0 heterocycles. The highest BCUT2D eigenvalue weighted by Gasteiger charge is 2.11. The molecule has 0 N–H and O–H groups in total. The second kappa shape index (κ2) is 6.67. The summed E-state index contributed by atoms with van der Waals surface area (Å²) >= 11 is 0. The van der Waals surface area contributed by atoms with Gasteiger partial charge in [0.05, 0.1) is 18.6 Å². The molecule has 0 aliphatic heterocycles. The predicted octanol–water partition coefficient (Wildman–Crippen LogP) is 4.04. The molecule has 2 nitrogen and oxygen atoms in total. The summed E-state index contributed by atoms with van der Waals surface area (Å²) in [5.41, 5.74) is 0.728. The highest BCUT2D eigenvalue weighted by molar-refractivity contribution is 5.26. The van der Waals surface area contributed by atoms with Gasteiger partial charge in [-0.2, -0.15) is 5.26 Å². The molecular weight excluding hydrogens is 260 g/mol. The molecule has 0 aromatic heterocycles. The Morgan fingerprint density at radius 3 is 2.40 bits per heavy atom. The molecule has 0 bridgehead atoms. The average Bonchev–Trinajstić information content (AvgIpc) is 2.47. The van der Waals surface area contributed by atoms with Crippen LogP contribution in [0.15, 0.2) is 48.5 Å². The molecule has 0 radical (unpaired) electrons. The molecule has 102 valence electrons. The van der Waals surface area contributed by atoms with Gasteiger partial charge in [0.25, 0.3) is 0 Å². The molecule has 4 heteroatoms. The summed E-state index contributed by atoms with van der Waals surface area (Å²) in [6.45, 7) is 0.219. The Bertz CT molecular complexity index is 605. The molecule has 2 aromatic rings. The van der Waals surface area contributed by atoms with Gasteiger partial charge in [0, 0.05) is 6.42 Å². The van der Waals surface area contributed by atoms with Crippen LogP contribution in [0, 0.1) is 23.0 Å². The van der Waals surface area contributed by atoms with Crippen molar-refractivity contribution in [2.45, 2.75) is 12.3 Å². The van der Waals surface area contributed by atoms with Gasteiger partial charge in [0.2, 0.25) is 0 Å². The van der Waals surface area contributed by atoms with Gasteiger partial charge in [-0.25, -0.2) is 8.78 Å². The molecule has 20 heavy (non-hydrogen) atoms. The Hall–Kier alpha value is -2.41. The van der Waals surface area contributed by atoms with Crippen LogP contribution in [0.3, 0.4) is 0 Å². The molecule has 0 aliphatic rings. The number of benzene rings is 2. The minimum atomic E-state index is -0.428. The van der Waals surface area contributed by atoms with E-state index in [1.165, 1.54) is 24.3 Å². The summed E-state index contributed by atoms with van der Waals surface area (Å²) in [6.07, 6.45) is 0.413. The van der Waals surface area contributed by atoms with Crippen LogP contribution in [0.5, 0.6) is 5.75 Å². The highest BCUT2D eigenvalue weighted by Crippen LogP contribution is 2.21. The molecule has 0 aliphatic carbocycles. The SMILES string of the molecule is N#CC(CCOc1ccccc1F)c1ccc(F)cc1. The van der Waals surface area contributed by atoms with Crippen LogP contribution in [0.4, 0.5) is 8.78 Å². The second-order valence-electron chi connectivity index (χ2n) is 4.30. The lowest BCUT2D eigenvalue weighted by Gasteiger charge is -2.11. The zero-order chi connectivity index (χ0) is 14.4. The van der Waals surface area contributed by atoms with Crippen molar-refractivity contribution >= 4 is 0 Å². The maximum absolute atomic E-state index is 13.3. The van der Waals surface area contributed by atoms with Crippen molar-refractivity contribution in [2.75, 3.05) is 6.61 Å². The first kappa shape index (κ1) is 14.0. The fraction of sp³-hybridized carbons (Fsp3) is 0.188. The van der Waals surface area contributed by atoms with Crippen LogP contribution >= 0.6 is 0 Å². The molecule has 0 saturated carbocycles. The number of hydrogen-bond donors (Lipinski definition) is 0. The summed E-state index contributed by atoms with van der Waals surface area (Å²) in [6, 6.07) is 14.0. The number of rotatable bonds is 5. The first-order valence-corrected chi connectivity index (χ1v) is 6.23. The van der Waals surface area contributed by atoms with Crippen LogP contribution in [0.1, 0.15) is 17.9 Å². The Kier molecular flexibility index (Phi) is 4.67. The van der Waals surface area contributed by atoms with Gasteiger partial charge in [-0.05, 0) is 29.8 Å². The summed E-state index contributed by atoms with van der Waals surface area (Å²) in [4.78, 5) is 0. The maximum atomic E-state index is 13.3. The largest absolute Gasteiger partial charge is 0.490 e. The zero-order valence-corrected chi connectivity index (χ0v) is 10.7. The van der Waals surface area contributed by atoms with Crippen LogP contribution < -0.4 is 4.74 Å². The number of halogens is 2. The third-order valence-electron chi connectivity index (χ3n) is 2.93. The zero-order valence-electron chi connectivity index (χ0n) is 10.7. The Morgan fingerprint density at radius 1 is 1.05 bits per heavy atom. The summed E-state index contributed by atoms with van der Waals surface area (Å²) in [5, 5.41) is 9.13. The van der Waals surface area contributed by atoms with Gasteiger partial charge >= 0.3 is 0 Å². The summed E-state index contributed by atoms with van der Waals surface area (Å²) < 4.78 is 31.5. The first-order chi connectivity index (χ1) is 9.70. The number of para-hydroxylation sites is 1. The molecular formula is C16H13F2NO. The fourth-order valence-electron chi connectivity index (χ4n) is 1.85. The maximum Gasteiger partial charge on any atom is 0.165 e. The quantitative estimate of drug-likeness (QED) is 0.823. The van der Waals surface area contributed by atoms with E-state index >= 15 is 0 Å². The fourth-order valence-corrected chi connectivity index (χ4v) is 1.85. The van der Waals surface area contributed by atoms with Crippen LogP contribution in [0.25, 0.3) is 0 Å². The molecule has 0 fully saturated rings. The third-order valence-corrected chi connectivity index (χ3v) is 2.93. The second-order valence-corrected chi connectivity index (χ2v) is 4.30. The van der Waals surface area contributed by atoms with Crippen LogP contribution in [-0.2, 0) is 0 Å². The van der Waals surface area contributed by atoms with Crippen molar-refractivity contribution in [3.05, 3.63) is 65.7 Å². The topological polar surface area (TPSA) is 33.0 Å². The monoisotopic (exact) mass is 273 g/mol. The van der Waals surface area contributed by atoms with Gasteiger partial charge in [-0.3, -0.25) is 0 Å². The van der Waals surface area contributed by atoms with Gasteiger partial charge in [0.15, 0.2) is 11.6 Å². The van der Waals surface area contributed by atoms with E-state index in [9.17, 15) is 8.78 Å². The van der Waals surface area contributed by atoms with Gasteiger partial charge in [-0.1, -0.05) is 24.3 Å². The van der Waals surface area contributed by atoms with Crippen molar-refractivity contribution in [1.29, 1.82) is 5.26 Å². The van der Waals surface area contributed by atoms with Crippen molar-refractivity contribution in [2.24, 2.45) is 0 Å². The normalized spacial score (nSPS) is 11.7. The lowest BCUT2D eigenvalue weighted by molar-refractivity contribution is 0.291. The molecule has 0 saturated heterocycles. The van der Waals surface area contributed by atoms with Crippen molar-refractivity contribution in [1.82, 2.24) is 0 Å². The minimum absolute atomic E-state index is 0.170. The smallest absolute Gasteiger partial charge is 0.165 e. The predicted molar refractivity (Wildman–Crippen MR) is 71.3 cm³/mol. The van der Waals surface area contributed by atoms with E-state index in [4.69, 9.17) is 10.00 Å². The van der Waals surface area contributed by atoms with Gasteiger partial charge in [0.1, 0.15) is 5.82 Å². The first-order valence-electron chi connectivity index (χ1n) is 6.23. The molecule has 1 atom stereocenters. The van der Waals surface area contributed by atoms with E-state index < -0.39 is 11.7 Å². The van der Waals surface area contributed by atoms with Crippen molar-refractivity contribution in [3.63, 3.8) is 0 Å². The minimum Gasteiger partial charge on any atom is -0.490 e. The van der Waals surface area contributed by atoms with Crippen LogP contribution in [-0.4, -0.2) is 6.61 Å². The lowest BCUT2D eigenvalue weighted by Crippen LogP contribution is -2.05. The van der Waals surface area contributed by atoms with E-state index in [-0.39, 0.29) is 18.2 Å². The highest BCUT2D eigenvalue weighted by atomic mass is 19.1. The number of nitriles is 1. The average molecular weight is 273 g/mol. The molecule has 2 rings (SSSR count). The van der Waals surface area contributed by atoms with Gasteiger partial charge in [-0.15, -0.1) is 0 Å².